The zero-order valence-electron chi connectivity index (χ0n) is 11.5. The molecule has 1 N–H and O–H groups in total. The van der Waals surface area contributed by atoms with Gasteiger partial charge in [-0.15, -0.1) is 0 Å². The quantitative estimate of drug-likeness (QED) is 0.889. The van der Waals surface area contributed by atoms with Gasteiger partial charge in [0.1, 0.15) is 5.75 Å². The Kier molecular flexibility index (Phi) is 4.65. The standard InChI is InChI=1S/C14H17BrN2O3/c1-17(8-13(18)16-9-3-4-9)14(19)11-7-10(20-2)5-6-12(11)15/h5-7,9H,3-4,8H2,1-2H3,(H,16,18). The molecule has 0 heterocycles. The van der Waals surface area contributed by atoms with Gasteiger partial charge < -0.3 is 15.0 Å². The summed E-state index contributed by atoms with van der Waals surface area (Å²) < 4.78 is 5.79. The molecule has 0 spiro atoms. The second kappa shape index (κ2) is 6.26. The van der Waals surface area contributed by atoms with Crippen molar-refractivity contribution in [2.45, 2.75) is 18.9 Å². The maximum Gasteiger partial charge on any atom is 0.255 e. The largest absolute Gasteiger partial charge is 0.497 e. The summed E-state index contributed by atoms with van der Waals surface area (Å²) in [5, 5.41) is 2.86. The highest BCUT2D eigenvalue weighted by Crippen LogP contribution is 2.23. The van der Waals surface area contributed by atoms with Crippen LogP contribution in [0.5, 0.6) is 5.75 Å². The Morgan fingerprint density at radius 2 is 2.15 bits per heavy atom. The van der Waals surface area contributed by atoms with E-state index in [1.165, 1.54) is 4.90 Å². The van der Waals surface area contributed by atoms with Crippen LogP contribution in [0.4, 0.5) is 0 Å². The molecule has 1 aromatic rings. The Morgan fingerprint density at radius 3 is 2.75 bits per heavy atom. The first kappa shape index (κ1) is 14.8. The molecule has 2 amide bonds. The monoisotopic (exact) mass is 340 g/mol. The Bertz CT molecular complexity index is 529. The fourth-order valence-corrected chi connectivity index (χ4v) is 2.21. The topological polar surface area (TPSA) is 58.6 Å². The van der Waals surface area contributed by atoms with Gasteiger partial charge >= 0.3 is 0 Å². The predicted octanol–water partition coefficient (Wildman–Crippen LogP) is 1.81. The number of ether oxygens (including phenoxy) is 1. The lowest BCUT2D eigenvalue weighted by molar-refractivity contribution is -0.121. The Hall–Kier alpha value is -1.56. The molecule has 0 radical (unpaired) electrons. The first-order chi connectivity index (χ1) is 9.51. The highest BCUT2D eigenvalue weighted by atomic mass is 79.9. The van der Waals surface area contributed by atoms with Gasteiger partial charge in [-0.1, -0.05) is 0 Å². The minimum Gasteiger partial charge on any atom is -0.497 e. The average Bonchev–Trinajstić information content (AvgIpc) is 3.22. The zero-order valence-corrected chi connectivity index (χ0v) is 13.1. The molecule has 1 aliphatic carbocycles. The van der Waals surface area contributed by atoms with Crippen LogP contribution in [0.3, 0.4) is 0 Å². The fourth-order valence-electron chi connectivity index (χ4n) is 1.79. The minimum atomic E-state index is -0.221. The maximum atomic E-state index is 12.3. The minimum absolute atomic E-state index is 0.0545. The summed E-state index contributed by atoms with van der Waals surface area (Å²) in [6, 6.07) is 5.47. The normalized spacial score (nSPS) is 13.8. The van der Waals surface area contributed by atoms with Crippen molar-refractivity contribution in [2.75, 3.05) is 20.7 Å². The number of methoxy groups -OCH3 is 1. The average molecular weight is 341 g/mol. The number of nitrogens with zero attached hydrogens (tertiary/aromatic N) is 1. The van der Waals surface area contributed by atoms with Gasteiger partial charge in [0.15, 0.2) is 0 Å². The van der Waals surface area contributed by atoms with Crippen LogP contribution in [-0.4, -0.2) is 43.5 Å². The van der Waals surface area contributed by atoms with Crippen molar-refractivity contribution < 1.29 is 14.3 Å². The molecular weight excluding hydrogens is 324 g/mol. The van der Waals surface area contributed by atoms with E-state index in [4.69, 9.17) is 4.74 Å². The van der Waals surface area contributed by atoms with Crippen molar-refractivity contribution in [2.24, 2.45) is 0 Å². The van der Waals surface area contributed by atoms with E-state index in [9.17, 15) is 9.59 Å². The van der Waals surface area contributed by atoms with Gasteiger partial charge in [-0.2, -0.15) is 0 Å². The Balaban J connectivity index is 2.03. The summed E-state index contributed by atoms with van der Waals surface area (Å²) in [5.41, 5.74) is 0.478. The van der Waals surface area contributed by atoms with Gasteiger partial charge in [-0.25, -0.2) is 0 Å². The SMILES string of the molecule is COc1ccc(Br)c(C(=O)N(C)CC(=O)NC2CC2)c1. The van der Waals surface area contributed by atoms with Gasteiger partial charge in [-0.3, -0.25) is 9.59 Å². The molecular formula is C14H17BrN2O3. The van der Waals surface area contributed by atoms with Crippen LogP contribution in [0.25, 0.3) is 0 Å². The number of hydrogen-bond donors (Lipinski definition) is 1. The van der Waals surface area contributed by atoms with Crippen LogP contribution in [0.1, 0.15) is 23.2 Å². The number of likely N-dealkylation sites (N-methyl/N-ethyl adjacent to an activating group) is 1. The summed E-state index contributed by atoms with van der Waals surface area (Å²) in [6.07, 6.45) is 2.07. The molecule has 1 saturated carbocycles. The third-order valence-electron chi connectivity index (χ3n) is 3.07. The van der Waals surface area contributed by atoms with Crippen LogP contribution in [0, 0.1) is 0 Å². The summed E-state index contributed by atoms with van der Waals surface area (Å²) in [7, 11) is 3.16. The third kappa shape index (κ3) is 3.72. The van der Waals surface area contributed by atoms with Gasteiger partial charge in [0.25, 0.3) is 5.91 Å². The number of hydrogen-bond acceptors (Lipinski definition) is 3. The molecule has 20 heavy (non-hydrogen) atoms. The van der Waals surface area contributed by atoms with Crippen molar-refractivity contribution >= 4 is 27.7 Å². The molecule has 1 aromatic carbocycles. The lowest BCUT2D eigenvalue weighted by atomic mass is 10.2. The number of nitrogens with one attached hydrogen (secondary N) is 1. The number of carbonyl (C=O) groups excluding carboxylic acids is 2. The van der Waals surface area contributed by atoms with E-state index in [-0.39, 0.29) is 18.4 Å². The van der Waals surface area contributed by atoms with Crippen LogP contribution < -0.4 is 10.1 Å². The first-order valence-electron chi connectivity index (χ1n) is 6.39. The van der Waals surface area contributed by atoms with Crippen molar-refractivity contribution in [3.05, 3.63) is 28.2 Å². The lowest BCUT2D eigenvalue weighted by Crippen LogP contribution is -2.39. The summed E-state index contributed by atoms with van der Waals surface area (Å²) in [5.74, 6) is 0.261. The number of benzene rings is 1. The van der Waals surface area contributed by atoms with Crippen molar-refractivity contribution in [1.82, 2.24) is 10.2 Å². The smallest absolute Gasteiger partial charge is 0.255 e. The highest BCUT2D eigenvalue weighted by Gasteiger charge is 2.25. The highest BCUT2D eigenvalue weighted by molar-refractivity contribution is 9.10. The van der Waals surface area contributed by atoms with Gasteiger partial charge in [0.2, 0.25) is 5.91 Å². The number of amides is 2. The first-order valence-corrected chi connectivity index (χ1v) is 7.19. The Labute approximate surface area is 126 Å². The molecule has 6 heteroatoms. The second-order valence-corrected chi connectivity index (χ2v) is 5.70. The second-order valence-electron chi connectivity index (χ2n) is 4.85. The van der Waals surface area contributed by atoms with E-state index in [0.29, 0.717) is 21.8 Å². The Morgan fingerprint density at radius 1 is 1.45 bits per heavy atom. The van der Waals surface area contributed by atoms with Crippen LogP contribution in [0.2, 0.25) is 0 Å². The van der Waals surface area contributed by atoms with Crippen LogP contribution in [0.15, 0.2) is 22.7 Å². The van der Waals surface area contributed by atoms with Gasteiger partial charge in [0, 0.05) is 17.6 Å². The molecule has 0 saturated heterocycles. The van der Waals surface area contributed by atoms with Gasteiger partial charge in [-0.05, 0) is 47.0 Å². The number of carbonyl (C=O) groups is 2. The van der Waals surface area contributed by atoms with Gasteiger partial charge in [0.05, 0.1) is 19.2 Å². The molecule has 0 bridgehead atoms. The maximum absolute atomic E-state index is 12.3. The number of halogens is 1. The van der Waals surface area contributed by atoms with Crippen molar-refractivity contribution in [3.63, 3.8) is 0 Å². The third-order valence-corrected chi connectivity index (χ3v) is 3.77. The molecule has 0 unspecified atom stereocenters. The summed E-state index contributed by atoms with van der Waals surface area (Å²) in [6.45, 7) is 0.0545. The van der Waals surface area contributed by atoms with E-state index >= 15 is 0 Å². The predicted molar refractivity (Wildman–Crippen MR) is 78.8 cm³/mol. The fraction of sp³-hybridized carbons (Fsp3) is 0.429. The van der Waals surface area contributed by atoms with E-state index < -0.39 is 0 Å². The van der Waals surface area contributed by atoms with E-state index in [2.05, 4.69) is 21.2 Å². The van der Waals surface area contributed by atoms with Crippen LogP contribution in [-0.2, 0) is 4.79 Å². The molecule has 2 rings (SSSR count). The molecule has 108 valence electrons. The molecule has 0 atom stereocenters. The van der Waals surface area contributed by atoms with E-state index in [0.717, 1.165) is 12.8 Å². The molecule has 0 aromatic heterocycles. The van der Waals surface area contributed by atoms with Crippen molar-refractivity contribution in [1.29, 1.82) is 0 Å². The molecule has 0 aliphatic heterocycles. The molecule has 1 aliphatic rings. The molecule has 5 nitrogen and oxygen atoms in total. The number of rotatable bonds is 5. The van der Waals surface area contributed by atoms with E-state index in [1.807, 2.05) is 0 Å². The summed E-state index contributed by atoms with van der Waals surface area (Å²) >= 11 is 3.34. The summed E-state index contributed by atoms with van der Waals surface area (Å²) in [4.78, 5) is 25.4. The van der Waals surface area contributed by atoms with Crippen LogP contribution >= 0.6 is 15.9 Å². The van der Waals surface area contributed by atoms with E-state index in [1.54, 1.807) is 32.4 Å². The lowest BCUT2D eigenvalue weighted by Gasteiger charge is -2.18. The molecule has 1 fully saturated rings. The van der Waals surface area contributed by atoms with Crippen molar-refractivity contribution in [3.8, 4) is 5.75 Å². The zero-order chi connectivity index (χ0) is 14.7.